The Morgan fingerprint density at radius 2 is 0.636 bits per heavy atom. The van der Waals surface area contributed by atoms with Crippen LogP contribution in [-0.2, 0) is 0 Å². The van der Waals surface area contributed by atoms with E-state index in [1.54, 1.807) is 0 Å². The van der Waals surface area contributed by atoms with Crippen molar-refractivity contribution in [1.29, 1.82) is 0 Å². The Kier molecular flexibility index (Phi) is 6.82. The van der Waals surface area contributed by atoms with Gasteiger partial charge in [0.2, 0.25) is 0 Å². The van der Waals surface area contributed by atoms with Crippen molar-refractivity contribution in [2.24, 2.45) is 11.5 Å². The zero-order valence-electron chi connectivity index (χ0n) is 35.1. The summed E-state index contributed by atoms with van der Waals surface area (Å²) in [5.74, 6) is 0.996. The molecule has 0 bridgehead atoms. The minimum Gasteiger partial charge on any atom is -0.456 e. The summed E-state index contributed by atoms with van der Waals surface area (Å²) < 4.78 is 26.0. The lowest BCUT2D eigenvalue weighted by atomic mass is 10.1. The molecule has 0 aliphatic rings. The maximum Gasteiger partial charge on any atom is 0.136 e. The zero-order valence-corrected chi connectivity index (χ0v) is 35.1. The molecule has 0 fully saturated rings. The molecule has 0 spiro atoms. The molecule has 4 N–H and O–H groups in total. The van der Waals surface area contributed by atoms with Gasteiger partial charge >= 0.3 is 0 Å². The van der Waals surface area contributed by atoms with Crippen LogP contribution in [0.25, 0.3) is 149 Å². The fourth-order valence-electron chi connectivity index (χ4n) is 10.9. The van der Waals surface area contributed by atoms with Crippen LogP contribution in [0.4, 0.5) is 0 Å². The van der Waals surface area contributed by atoms with E-state index in [-0.39, 0.29) is 0 Å². The summed E-state index contributed by atoms with van der Waals surface area (Å²) in [7, 11) is 0. The largest absolute Gasteiger partial charge is 0.456 e. The number of nitrogens with two attached hydrogens (primary N) is 2. The van der Waals surface area contributed by atoms with Gasteiger partial charge in [-0.15, -0.1) is 0 Å². The highest BCUT2D eigenvalue weighted by molar-refractivity contribution is 6.22. The molecule has 0 saturated carbocycles. The van der Waals surface area contributed by atoms with Crippen molar-refractivity contribution in [2.45, 2.75) is 0 Å². The van der Waals surface area contributed by atoms with Gasteiger partial charge in [0.15, 0.2) is 0 Å². The first kappa shape index (κ1) is 35.3. The molecule has 0 amide bonds. The van der Waals surface area contributed by atoms with Crippen molar-refractivity contribution < 1.29 is 13.3 Å². The van der Waals surface area contributed by atoms with Crippen LogP contribution in [-0.4, -0.2) is 13.7 Å². The first-order chi connectivity index (χ1) is 32.6. The minimum atomic E-state index is 0.496. The molecular weight excluding hydrogens is 815 g/mol. The Morgan fingerprint density at radius 1 is 0.303 bits per heavy atom. The molecule has 0 radical (unpaired) electrons. The lowest BCUT2D eigenvalue weighted by molar-refractivity contribution is 0.669. The van der Waals surface area contributed by atoms with E-state index in [0.717, 1.165) is 131 Å². The molecule has 6 aromatic heterocycles. The summed E-state index contributed by atoms with van der Waals surface area (Å²) >= 11 is 0. The van der Waals surface area contributed by atoms with Crippen LogP contribution in [0.2, 0.25) is 0 Å². The van der Waals surface area contributed by atoms with Gasteiger partial charge in [-0.25, -0.2) is 0 Å². The molecule has 0 unspecified atom stereocenters. The van der Waals surface area contributed by atoms with Crippen LogP contribution in [0.15, 0.2) is 201 Å². The second-order valence-electron chi connectivity index (χ2n) is 17.3. The van der Waals surface area contributed by atoms with Crippen molar-refractivity contribution in [2.75, 3.05) is 0 Å². The number of hydrogen-bond donors (Lipinski definition) is 2. The van der Waals surface area contributed by atoms with Gasteiger partial charge in [0.25, 0.3) is 0 Å². The van der Waals surface area contributed by atoms with E-state index in [1.165, 1.54) is 0 Å². The first-order valence-electron chi connectivity index (χ1n) is 22.1. The molecular formula is C58H35N5O3. The first-order valence-corrected chi connectivity index (χ1v) is 22.1. The number of nitrogens with zero attached hydrogens (tertiary/aromatic N) is 3. The molecule has 15 aromatic rings. The molecule has 9 aromatic carbocycles. The van der Waals surface area contributed by atoms with E-state index in [1.807, 2.05) is 48.5 Å². The third-order valence-electron chi connectivity index (χ3n) is 13.8. The van der Waals surface area contributed by atoms with E-state index in [0.29, 0.717) is 17.3 Å². The third-order valence-corrected chi connectivity index (χ3v) is 13.8. The Balaban J connectivity index is 1.10. The predicted octanol–water partition coefficient (Wildman–Crippen LogP) is 14.9. The van der Waals surface area contributed by atoms with Gasteiger partial charge < -0.3 is 29.3 Å². The number of para-hydroxylation sites is 6. The minimum absolute atomic E-state index is 0.496. The van der Waals surface area contributed by atoms with Gasteiger partial charge in [0.1, 0.15) is 45.1 Å². The molecule has 66 heavy (non-hydrogen) atoms. The summed E-state index contributed by atoms with van der Waals surface area (Å²) in [6.45, 7) is 0. The number of furan rings is 3. The molecule has 0 aliphatic carbocycles. The van der Waals surface area contributed by atoms with E-state index < -0.39 is 0 Å². The Bertz CT molecular complexity index is 4680. The molecule has 8 nitrogen and oxygen atoms in total. The zero-order chi connectivity index (χ0) is 43.4. The van der Waals surface area contributed by atoms with Crippen molar-refractivity contribution in [3.8, 4) is 0 Å². The summed E-state index contributed by atoms with van der Waals surface area (Å²) in [6, 6.07) is 63.0. The smallest absolute Gasteiger partial charge is 0.136 e. The number of rotatable bonds is 4. The average Bonchev–Trinajstić information content (AvgIpc) is 4.20. The van der Waals surface area contributed by atoms with Gasteiger partial charge in [-0.3, -0.25) is 9.13 Å². The molecule has 0 atom stereocenters. The number of allylic oxidation sites excluding steroid dienone is 2. The number of aromatic nitrogens is 3. The van der Waals surface area contributed by atoms with Gasteiger partial charge in [0.05, 0.1) is 38.8 Å². The number of hydrogen-bond acceptors (Lipinski definition) is 5. The van der Waals surface area contributed by atoms with Crippen LogP contribution in [0.3, 0.4) is 0 Å². The van der Waals surface area contributed by atoms with E-state index >= 15 is 0 Å². The van der Waals surface area contributed by atoms with Crippen LogP contribution in [0.1, 0.15) is 0 Å². The molecule has 0 saturated heterocycles. The molecule has 6 heterocycles. The Morgan fingerprint density at radius 3 is 1.08 bits per heavy atom. The van der Waals surface area contributed by atoms with Gasteiger partial charge in [-0.2, -0.15) is 0 Å². The summed E-state index contributed by atoms with van der Waals surface area (Å²) in [6.07, 6.45) is 2.05. The normalized spacial score (nSPS) is 13.3. The van der Waals surface area contributed by atoms with Crippen molar-refractivity contribution in [3.63, 3.8) is 0 Å². The maximum absolute atomic E-state index is 7.91. The van der Waals surface area contributed by atoms with E-state index in [4.69, 9.17) is 24.7 Å². The Labute approximate surface area is 373 Å². The van der Waals surface area contributed by atoms with E-state index in [9.17, 15) is 0 Å². The van der Waals surface area contributed by atoms with Crippen LogP contribution in [0.5, 0.6) is 0 Å². The summed E-state index contributed by atoms with van der Waals surface area (Å²) in [5.41, 5.74) is 27.0. The second-order valence-corrected chi connectivity index (χ2v) is 17.3. The number of fused-ring (bicyclic) bond motifs is 18. The van der Waals surface area contributed by atoms with Crippen molar-refractivity contribution >= 4 is 149 Å². The lowest BCUT2D eigenvalue weighted by Gasteiger charge is -2.18. The maximum atomic E-state index is 7.91. The van der Waals surface area contributed by atoms with Crippen LogP contribution >= 0.6 is 0 Å². The molecule has 310 valence electrons. The van der Waals surface area contributed by atoms with Gasteiger partial charge in [-0.1, -0.05) is 109 Å². The lowest BCUT2D eigenvalue weighted by Crippen LogP contribution is -2.14. The monoisotopic (exact) mass is 849 g/mol. The van der Waals surface area contributed by atoms with Crippen molar-refractivity contribution in [1.82, 2.24) is 13.7 Å². The SMILES string of the molecule is N/C(=C(\C=C(/N)n1c2ccccc2c2cc3oc4ccccc4c3cc21)n1c2ccccc2c2cc3oc4ccccc4c3cc21)n1c2ccccc2c2cc3oc4ccccc4c3cc21. The second kappa shape index (κ2) is 12.7. The quantitative estimate of drug-likeness (QED) is 0.172. The van der Waals surface area contributed by atoms with Gasteiger partial charge in [0, 0.05) is 70.7 Å². The standard InChI is InChI=1S/C58H35N5O3/c59-57(62-45-20-8-2-14-33(45)39-29-55-42(26-48(39)62)36-17-5-11-23-52(36)65-55)31-50(61-44-19-7-1-13-32(44)38-28-54-41(25-47(38)61)35-16-4-10-22-51(35)64-54)58(60)63-46-21-9-3-15-34(46)40-30-56-43(27-49(40)63)37-18-6-12-24-53(37)66-56/h1-31H,59-60H2/b57-31+,58-50-. The van der Waals surface area contributed by atoms with Crippen LogP contribution < -0.4 is 11.5 Å². The summed E-state index contributed by atoms with van der Waals surface area (Å²) in [4.78, 5) is 0. The fraction of sp³-hybridized carbons (Fsp3) is 0. The van der Waals surface area contributed by atoms with E-state index in [2.05, 4.69) is 153 Å². The molecule has 0 aliphatic heterocycles. The predicted molar refractivity (Wildman–Crippen MR) is 272 cm³/mol. The highest BCUT2D eigenvalue weighted by Crippen LogP contribution is 2.43. The van der Waals surface area contributed by atoms with Gasteiger partial charge in [-0.05, 0) is 72.8 Å². The molecule has 15 rings (SSSR count). The highest BCUT2D eigenvalue weighted by Gasteiger charge is 2.24. The topological polar surface area (TPSA) is 106 Å². The van der Waals surface area contributed by atoms with Crippen LogP contribution in [0, 0.1) is 0 Å². The average molecular weight is 850 g/mol. The fourth-order valence-corrected chi connectivity index (χ4v) is 10.9. The van der Waals surface area contributed by atoms with Crippen molar-refractivity contribution in [3.05, 3.63) is 188 Å². The molecule has 8 heteroatoms. The highest BCUT2D eigenvalue weighted by atomic mass is 16.3. The summed E-state index contributed by atoms with van der Waals surface area (Å²) in [5, 5.41) is 12.5. The number of benzene rings is 9. The third kappa shape index (κ3) is 4.66. The Hall–Kier alpha value is -9.14.